The molecule has 0 spiro atoms. The smallest absolute Gasteiger partial charge is 0.126 e. The first-order valence-corrected chi connectivity index (χ1v) is 6.27. The summed E-state index contributed by atoms with van der Waals surface area (Å²) in [5, 5.41) is 7.50. The number of benzene rings is 1. The van der Waals surface area contributed by atoms with Gasteiger partial charge >= 0.3 is 0 Å². The molecule has 0 aliphatic carbocycles. The highest BCUT2D eigenvalue weighted by Crippen LogP contribution is 2.09. The van der Waals surface area contributed by atoms with Gasteiger partial charge in [0.05, 0.1) is 5.69 Å². The number of aromatic nitrogens is 2. The second kappa shape index (κ2) is 7.36. The highest BCUT2D eigenvalue weighted by atomic mass is 35.5. The molecule has 2 aromatic rings. The van der Waals surface area contributed by atoms with Gasteiger partial charge in [-0.1, -0.05) is 0 Å². The summed E-state index contributed by atoms with van der Waals surface area (Å²) in [7, 11) is 0. The molecular weight excluding hydrogens is 284 g/mol. The maximum Gasteiger partial charge on any atom is 0.126 e. The van der Waals surface area contributed by atoms with Crippen molar-refractivity contribution in [3.05, 3.63) is 52.9 Å². The lowest BCUT2D eigenvalue weighted by Crippen LogP contribution is -2.13. The third-order valence-corrected chi connectivity index (χ3v) is 2.94. The largest absolute Gasteiger partial charge is 0.308 e. The predicted molar refractivity (Wildman–Crippen MR) is 76.8 cm³/mol. The third-order valence-electron chi connectivity index (χ3n) is 2.94. The first-order valence-electron chi connectivity index (χ1n) is 6.27. The quantitative estimate of drug-likeness (QED) is 0.919. The van der Waals surface area contributed by atoms with Gasteiger partial charge in [0.2, 0.25) is 0 Å². The Bertz CT molecular complexity index is 549. The summed E-state index contributed by atoms with van der Waals surface area (Å²) in [6.45, 7) is 5.86. The molecule has 0 fully saturated rings. The van der Waals surface area contributed by atoms with E-state index in [-0.39, 0.29) is 12.4 Å². The maximum absolute atomic E-state index is 13.0. The van der Waals surface area contributed by atoms with E-state index in [1.807, 2.05) is 24.7 Å². The van der Waals surface area contributed by atoms with Crippen molar-refractivity contribution in [1.82, 2.24) is 15.1 Å². The zero-order valence-electron chi connectivity index (χ0n) is 11.5. The van der Waals surface area contributed by atoms with Crippen LogP contribution in [0.4, 0.5) is 8.78 Å². The molecule has 0 unspecified atom stereocenters. The minimum absolute atomic E-state index is 0. The van der Waals surface area contributed by atoms with Gasteiger partial charge in [-0.2, -0.15) is 5.10 Å². The number of nitrogens with zero attached hydrogens (tertiary/aromatic N) is 2. The van der Waals surface area contributed by atoms with E-state index in [4.69, 9.17) is 0 Å². The highest BCUT2D eigenvalue weighted by Gasteiger charge is 2.04. The van der Waals surface area contributed by atoms with Crippen LogP contribution in [-0.2, 0) is 19.6 Å². The Labute approximate surface area is 123 Å². The van der Waals surface area contributed by atoms with Gasteiger partial charge in [-0.3, -0.25) is 4.68 Å². The fourth-order valence-electron chi connectivity index (χ4n) is 1.95. The van der Waals surface area contributed by atoms with Gasteiger partial charge in [-0.25, -0.2) is 8.78 Å². The van der Waals surface area contributed by atoms with Gasteiger partial charge < -0.3 is 5.32 Å². The van der Waals surface area contributed by atoms with Crippen molar-refractivity contribution in [3.63, 3.8) is 0 Å². The van der Waals surface area contributed by atoms with Crippen molar-refractivity contribution in [2.45, 2.75) is 33.5 Å². The second-order valence-electron chi connectivity index (χ2n) is 4.48. The molecule has 1 heterocycles. The van der Waals surface area contributed by atoms with E-state index in [0.29, 0.717) is 18.7 Å². The average Bonchev–Trinajstić information content (AvgIpc) is 2.69. The highest BCUT2D eigenvalue weighted by molar-refractivity contribution is 5.85. The fraction of sp³-hybridized carbons (Fsp3) is 0.357. The van der Waals surface area contributed by atoms with E-state index >= 15 is 0 Å². The number of nitrogens with one attached hydrogen (secondary N) is 1. The molecule has 1 aromatic heterocycles. The van der Waals surface area contributed by atoms with Crippen molar-refractivity contribution in [1.29, 1.82) is 0 Å². The Kier molecular flexibility index (Phi) is 6.10. The minimum Gasteiger partial charge on any atom is -0.308 e. The first kappa shape index (κ1) is 16.6. The molecule has 6 heteroatoms. The Morgan fingerprint density at radius 3 is 2.35 bits per heavy atom. The second-order valence-corrected chi connectivity index (χ2v) is 4.48. The van der Waals surface area contributed by atoms with Gasteiger partial charge in [-0.05, 0) is 31.5 Å². The molecule has 0 saturated carbocycles. The van der Waals surface area contributed by atoms with Crippen molar-refractivity contribution < 1.29 is 8.78 Å². The fourth-order valence-corrected chi connectivity index (χ4v) is 1.95. The van der Waals surface area contributed by atoms with Crippen LogP contribution in [-0.4, -0.2) is 9.78 Å². The number of rotatable bonds is 5. The van der Waals surface area contributed by atoms with E-state index in [1.54, 1.807) is 0 Å². The van der Waals surface area contributed by atoms with Crippen LogP contribution >= 0.6 is 12.4 Å². The SMILES string of the molecule is CCn1cc(CNCc2cc(F)cc(F)c2)c(C)n1.Cl. The molecule has 0 atom stereocenters. The van der Waals surface area contributed by atoms with Crippen LogP contribution < -0.4 is 5.32 Å². The third kappa shape index (κ3) is 4.28. The summed E-state index contributed by atoms with van der Waals surface area (Å²) >= 11 is 0. The molecule has 0 amide bonds. The minimum atomic E-state index is -0.549. The van der Waals surface area contributed by atoms with Crippen molar-refractivity contribution >= 4 is 12.4 Å². The lowest BCUT2D eigenvalue weighted by Gasteiger charge is -2.04. The van der Waals surface area contributed by atoms with Crippen LogP contribution in [0.3, 0.4) is 0 Å². The molecule has 0 bridgehead atoms. The molecule has 0 radical (unpaired) electrons. The summed E-state index contributed by atoms with van der Waals surface area (Å²) in [5.74, 6) is -1.10. The average molecular weight is 302 g/mol. The number of aryl methyl sites for hydroxylation is 2. The van der Waals surface area contributed by atoms with Crippen LogP contribution in [0.25, 0.3) is 0 Å². The lowest BCUT2D eigenvalue weighted by molar-refractivity contribution is 0.575. The molecular formula is C14H18ClF2N3. The first-order chi connectivity index (χ1) is 9.08. The Morgan fingerprint density at radius 1 is 1.15 bits per heavy atom. The number of hydrogen-bond acceptors (Lipinski definition) is 2. The summed E-state index contributed by atoms with van der Waals surface area (Å²) in [6, 6.07) is 3.54. The van der Waals surface area contributed by atoms with E-state index in [2.05, 4.69) is 10.4 Å². The molecule has 110 valence electrons. The Morgan fingerprint density at radius 2 is 1.80 bits per heavy atom. The van der Waals surface area contributed by atoms with Crippen LogP contribution in [0.2, 0.25) is 0 Å². The van der Waals surface area contributed by atoms with Crippen LogP contribution in [0.5, 0.6) is 0 Å². The van der Waals surface area contributed by atoms with E-state index in [9.17, 15) is 8.78 Å². The van der Waals surface area contributed by atoms with Crippen molar-refractivity contribution in [2.24, 2.45) is 0 Å². The maximum atomic E-state index is 13.0. The molecule has 3 nitrogen and oxygen atoms in total. The van der Waals surface area contributed by atoms with Crippen molar-refractivity contribution in [3.8, 4) is 0 Å². The molecule has 20 heavy (non-hydrogen) atoms. The monoisotopic (exact) mass is 301 g/mol. The van der Waals surface area contributed by atoms with Gasteiger partial charge in [0.1, 0.15) is 11.6 Å². The normalized spacial score (nSPS) is 10.4. The van der Waals surface area contributed by atoms with Gasteiger partial charge in [0.15, 0.2) is 0 Å². The lowest BCUT2D eigenvalue weighted by atomic mass is 10.2. The van der Waals surface area contributed by atoms with Gasteiger partial charge in [-0.15, -0.1) is 12.4 Å². The topological polar surface area (TPSA) is 29.9 Å². The Balaban J connectivity index is 0.00000200. The van der Waals surface area contributed by atoms with E-state index in [0.717, 1.165) is 23.9 Å². The standard InChI is InChI=1S/C14H17F2N3.ClH/c1-3-19-9-12(10(2)18-19)8-17-7-11-4-13(15)6-14(16)5-11;/h4-6,9,17H,3,7-8H2,1-2H3;1H. The molecule has 0 saturated heterocycles. The number of hydrogen-bond donors (Lipinski definition) is 1. The van der Waals surface area contributed by atoms with Crippen molar-refractivity contribution in [2.75, 3.05) is 0 Å². The molecule has 0 aliphatic rings. The van der Waals surface area contributed by atoms with Crippen LogP contribution in [0.15, 0.2) is 24.4 Å². The summed E-state index contributed by atoms with van der Waals surface area (Å²) < 4.78 is 27.9. The zero-order valence-corrected chi connectivity index (χ0v) is 12.3. The molecule has 1 N–H and O–H groups in total. The van der Waals surface area contributed by atoms with E-state index < -0.39 is 11.6 Å². The summed E-state index contributed by atoms with van der Waals surface area (Å²) in [5.41, 5.74) is 2.66. The number of halogens is 3. The van der Waals surface area contributed by atoms with Gasteiger partial charge in [0.25, 0.3) is 0 Å². The van der Waals surface area contributed by atoms with E-state index in [1.165, 1.54) is 12.1 Å². The zero-order chi connectivity index (χ0) is 13.8. The van der Waals surface area contributed by atoms with Crippen LogP contribution in [0, 0.1) is 18.6 Å². The molecule has 0 aliphatic heterocycles. The predicted octanol–water partition coefficient (Wildman–Crippen LogP) is 3.20. The summed E-state index contributed by atoms with van der Waals surface area (Å²) in [4.78, 5) is 0. The van der Waals surface area contributed by atoms with Crippen LogP contribution in [0.1, 0.15) is 23.7 Å². The Hall–Kier alpha value is -1.46. The van der Waals surface area contributed by atoms with Gasteiger partial charge in [0, 0.05) is 37.5 Å². The molecule has 1 aromatic carbocycles. The summed E-state index contributed by atoms with van der Waals surface area (Å²) in [6.07, 6.45) is 1.98. The molecule has 2 rings (SSSR count).